The van der Waals surface area contributed by atoms with Crippen LogP contribution in [0.2, 0.25) is 0 Å². The quantitative estimate of drug-likeness (QED) is 0.707. The van der Waals surface area contributed by atoms with Crippen LogP contribution in [0.1, 0.15) is 18.4 Å². The summed E-state index contributed by atoms with van der Waals surface area (Å²) in [4.78, 5) is 0. The molecule has 3 rings (SSSR count). The fourth-order valence-electron chi connectivity index (χ4n) is 1.81. The van der Waals surface area contributed by atoms with Crippen LogP contribution in [0.4, 0.5) is 10.1 Å². The zero-order valence-corrected chi connectivity index (χ0v) is 8.09. The van der Waals surface area contributed by atoms with Crippen LogP contribution in [0, 0.1) is 24.1 Å². The zero-order valence-electron chi connectivity index (χ0n) is 8.09. The van der Waals surface area contributed by atoms with E-state index in [1.807, 2.05) is 0 Å². The molecule has 0 bridgehead atoms. The maximum Gasteiger partial charge on any atom is 0.173 e. The van der Waals surface area contributed by atoms with E-state index in [4.69, 9.17) is 11.2 Å². The van der Waals surface area contributed by atoms with Crippen LogP contribution < -0.4 is 10.1 Å². The molecule has 1 aliphatic carbocycles. The number of benzene rings is 1. The molecule has 15 heavy (non-hydrogen) atoms. The molecule has 2 aliphatic rings. The van der Waals surface area contributed by atoms with Gasteiger partial charge in [-0.1, -0.05) is 5.92 Å². The van der Waals surface area contributed by atoms with E-state index < -0.39 is 5.82 Å². The molecule has 2 nitrogen and oxygen atoms in total. The average Bonchev–Trinajstić information content (AvgIpc) is 2.99. The van der Waals surface area contributed by atoms with E-state index in [0.29, 0.717) is 11.7 Å². The number of anilines is 1. The van der Waals surface area contributed by atoms with Crippen molar-refractivity contribution < 1.29 is 9.13 Å². The van der Waals surface area contributed by atoms with Crippen LogP contribution in [0.5, 0.6) is 5.75 Å². The van der Waals surface area contributed by atoms with Gasteiger partial charge in [-0.3, -0.25) is 0 Å². The molecule has 0 amide bonds. The lowest BCUT2D eigenvalue weighted by molar-refractivity contribution is 0.228. The molecule has 0 spiro atoms. The van der Waals surface area contributed by atoms with E-state index in [0.717, 1.165) is 5.69 Å². The van der Waals surface area contributed by atoms with Crippen LogP contribution in [-0.2, 0) is 0 Å². The predicted octanol–water partition coefficient (Wildman–Crippen LogP) is 2.35. The first kappa shape index (κ1) is 8.60. The Kier molecular flexibility index (Phi) is 1.66. The number of fused-ring (bicyclic) bond motifs is 1. The van der Waals surface area contributed by atoms with Gasteiger partial charge in [-0.15, -0.1) is 6.42 Å². The third kappa shape index (κ3) is 1.33. The third-order valence-corrected chi connectivity index (χ3v) is 2.83. The number of terminal acetylenes is 1. The summed E-state index contributed by atoms with van der Waals surface area (Å²) < 4.78 is 18.9. The van der Waals surface area contributed by atoms with Crippen molar-refractivity contribution in [1.82, 2.24) is 0 Å². The van der Waals surface area contributed by atoms with Crippen molar-refractivity contribution >= 4 is 5.69 Å². The van der Waals surface area contributed by atoms with Crippen molar-refractivity contribution in [3.05, 3.63) is 23.5 Å². The minimum Gasteiger partial charge on any atom is -0.468 e. The molecule has 0 saturated heterocycles. The normalized spacial score (nSPS) is 22.5. The average molecular weight is 203 g/mol. The van der Waals surface area contributed by atoms with Gasteiger partial charge in [0.15, 0.2) is 6.23 Å². The molecule has 76 valence electrons. The number of halogens is 1. The van der Waals surface area contributed by atoms with Crippen molar-refractivity contribution in [2.45, 2.75) is 19.1 Å². The number of hydrogen-bond donors (Lipinski definition) is 1. The van der Waals surface area contributed by atoms with Gasteiger partial charge in [0.2, 0.25) is 0 Å². The van der Waals surface area contributed by atoms with E-state index in [1.165, 1.54) is 18.9 Å². The van der Waals surface area contributed by atoms with Crippen LogP contribution in [-0.4, -0.2) is 6.23 Å². The second kappa shape index (κ2) is 2.90. The summed E-state index contributed by atoms with van der Waals surface area (Å²) in [6.45, 7) is 0. The smallest absolute Gasteiger partial charge is 0.173 e. The van der Waals surface area contributed by atoms with Gasteiger partial charge >= 0.3 is 0 Å². The van der Waals surface area contributed by atoms with E-state index in [2.05, 4.69) is 11.2 Å². The summed E-state index contributed by atoms with van der Waals surface area (Å²) in [6, 6.07) is 2.99. The van der Waals surface area contributed by atoms with Gasteiger partial charge in [-0.05, 0) is 18.9 Å². The van der Waals surface area contributed by atoms with E-state index in [1.54, 1.807) is 6.07 Å². The highest BCUT2D eigenvalue weighted by Gasteiger charge is 2.37. The van der Waals surface area contributed by atoms with E-state index >= 15 is 0 Å². The summed E-state index contributed by atoms with van der Waals surface area (Å²) in [7, 11) is 0. The van der Waals surface area contributed by atoms with Crippen molar-refractivity contribution in [1.29, 1.82) is 0 Å². The highest BCUT2D eigenvalue weighted by atomic mass is 19.1. The molecule has 1 fully saturated rings. The molecule has 1 saturated carbocycles. The molecule has 1 heterocycles. The Hall–Kier alpha value is -1.69. The fourth-order valence-corrected chi connectivity index (χ4v) is 1.81. The summed E-state index contributed by atoms with van der Waals surface area (Å²) in [5.74, 6) is 3.06. The summed E-state index contributed by atoms with van der Waals surface area (Å²) in [5.41, 5.74) is 1.09. The maximum atomic E-state index is 13.3. The predicted molar refractivity (Wildman–Crippen MR) is 55.1 cm³/mol. The Morgan fingerprint density at radius 2 is 2.27 bits per heavy atom. The molecule has 0 aromatic heterocycles. The lowest BCUT2D eigenvalue weighted by Crippen LogP contribution is -2.22. The molecule has 3 heteroatoms. The second-order valence-corrected chi connectivity index (χ2v) is 3.99. The maximum absolute atomic E-state index is 13.3. The number of rotatable bonds is 1. The van der Waals surface area contributed by atoms with Gasteiger partial charge in [-0.25, -0.2) is 4.39 Å². The van der Waals surface area contributed by atoms with Gasteiger partial charge in [0.1, 0.15) is 11.6 Å². The highest BCUT2D eigenvalue weighted by Crippen LogP contribution is 2.42. The van der Waals surface area contributed by atoms with Crippen molar-refractivity contribution in [2.24, 2.45) is 5.92 Å². The number of ether oxygens (including phenoxy) is 1. The van der Waals surface area contributed by atoms with Crippen LogP contribution in [0.3, 0.4) is 0 Å². The molecule has 0 radical (unpaired) electrons. The number of hydrogen-bond acceptors (Lipinski definition) is 2. The van der Waals surface area contributed by atoms with Crippen LogP contribution in [0.15, 0.2) is 12.1 Å². The first-order chi connectivity index (χ1) is 7.28. The third-order valence-electron chi connectivity index (χ3n) is 2.83. The summed E-state index contributed by atoms with van der Waals surface area (Å²) in [6.07, 6.45) is 7.55. The van der Waals surface area contributed by atoms with Gasteiger partial charge in [0, 0.05) is 12.0 Å². The first-order valence-corrected chi connectivity index (χ1v) is 5.01. The van der Waals surface area contributed by atoms with Gasteiger partial charge in [0.25, 0.3) is 0 Å². The van der Waals surface area contributed by atoms with Gasteiger partial charge < -0.3 is 10.1 Å². The SMILES string of the molecule is C#Cc1cc2c(cc1F)OC(C1CC1)N2. The van der Waals surface area contributed by atoms with E-state index in [9.17, 15) is 4.39 Å². The fraction of sp³-hybridized carbons (Fsp3) is 0.333. The first-order valence-electron chi connectivity index (χ1n) is 5.01. The Labute approximate surface area is 87.4 Å². The zero-order chi connectivity index (χ0) is 10.4. The standard InChI is InChI=1S/C12H10FNO/c1-2-7-5-10-11(6-9(7)13)15-12(14-10)8-3-4-8/h1,5-6,8,12,14H,3-4H2. The Bertz CT molecular complexity index is 459. The van der Waals surface area contributed by atoms with Crippen molar-refractivity contribution in [2.75, 3.05) is 5.32 Å². The Morgan fingerprint density at radius 3 is 2.93 bits per heavy atom. The minimum absolute atomic E-state index is 0.00687. The molecular formula is C12H10FNO. The molecule has 1 unspecified atom stereocenters. The highest BCUT2D eigenvalue weighted by molar-refractivity contribution is 5.64. The Balaban J connectivity index is 1.96. The number of nitrogens with one attached hydrogen (secondary N) is 1. The lowest BCUT2D eigenvalue weighted by Gasteiger charge is -2.08. The Morgan fingerprint density at radius 1 is 1.47 bits per heavy atom. The monoisotopic (exact) mass is 203 g/mol. The van der Waals surface area contributed by atoms with Gasteiger partial charge in [-0.2, -0.15) is 0 Å². The van der Waals surface area contributed by atoms with Crippen molar-refractivity contribution in [3.8, 4) is 18.1 Å². The lowest BCUT2D eigenvalue weighted by atomic mass is 10.2. The molecule has 1 aliphatic heterocycles. The van der Waals surface area contributed by atoms with Crippen LogP contribution in [0.25, 0.3) is 0 Å². The minimum atomic E-state index is -0.394. The summed E-state index contributed by atoms with van der Waals surface area (Å²) in [5, 5.41) is 3.21. The van der Waals surface area contributed by atoms with Gasteiger partial charge in [0.05, 0.1) is 11.3 Å². The largest absolute Gasteiger partial charge is 0.468 e. The van der Waals surface area contributed by atoms with E-state index in [-0.39, 0.29) is 11.8 Å². The van der Waals surface area contributed by atoms with Crippen molar-refractivity contribution in [3.63, 3.8) is 0 Å². The summed E-state index contributed by atoms with van der Waals surface area (Å²) >= 11 is 0. The molecular weight excluding hydrogens is 193 g/mol. The molecule has 1 aromatic rings. The molecule has 1 atom stereocenters. The topological polar surface area (TPSA) is 21.3 Å². The second-order valence-electron chi connectivity index (χ2n) is 3.99. The molecule has 1 N–H and O–H groups in total. The molecule has 1 aromatic carbocycles. The van der Waals surface area contributed by atoms with Crippen LogP contribution >= 0.6 is 0 Å².